The van der Waals surface area contributed by atoms with Gasteiger partial charge in [-0.15, -0.1) is 0 Å². The van der Waals surface area contributed by atoms with Crippen LogP contribution in [0, 0.1) is 23.0 Å². The van der Waals surface area contributed by atoms with Crippen LogP contribution >= 0.6 is 11.6 Å². The van der Waals surface area contributed by atoms with Gasteiger partial charge in [0.1, 0.15) is 41.0 Å². The summed E-state index contributed by atoms with van der Waals surface area (Å²) in [6, 6.07) is 7.65. The van der Waals surface area contributed by atoms with Crippen LogP contribution in [-0.2, 0) is 35.0 Å². The van der Waals surface area contributed by atoms with Gasteiger partial charge in [0.2, 0.25) is 5.91 Å². The van der Waals surface area contributed by atoms with E-state index in [1.54, 1.807) is 33.0 Å². The van der Waals surface area contributed by atoms with Crippen molar-refractivity contribution < 1.29 is 48.1 Å². The van der Waals surface area contributed by atoms with E-state index in [-0.39, 0.29) is 30.7 Å². The third-order valence-corrected chi connectivity index (χ3v) is 10.6. The van der Waals surface area contributed by atoms with Gasteiger partial charge in [0.05, 0.1) is 47.8 Å². The van der Waals surface area contributed by atoms with Crippen LogP contribution < -0.4 is 15.0 Å². The molecule has 0 saturated carbocycles. The number of hydrogen-bond acceptors (Lipinski definition) is 11. The summed E-state index contributed by atoms with van der Waals surface area (Å²) in [4.78, 5) is 52.9. The number of nitrogens with one attached hydrogen (secondary N) is 1. The number of epoxide rings is 1. The Labute approximate surface area is 306 Å². The Morgan fingerprint density at radius 1 is 1.19 bits per heavy atom. The summed E-state index contributed by atoms with van der Waals surface area (Å²) in [6.45, 7) is 7.23. The summed E-state index contributed by atoms with van der Waals surface area (Å²) in [5.41, 5.74) is -0.397. The Morgan fingerprint density at radius 3 is 2.60 bits per heavy atom. The SMILES string of the molecule is COc1ccc(NC(=O)O[C@H]2CC(=O)N(C)c3cc(cc(C)c3Cl)C/C(C)=C/C=C/[C@@H](OC)[C@]3(O)CC(=O)O[C@@H](C3)[C@@H](C)[C@@H]3O[C@@]23C)c([N+](=O)[O-])c1. The van der Waals surface area contributed by atoms with Gasteiger partial charge in [-0.1, -0.05) is 48.4 Å². The molecule has 14 nitrogen and oxygen atoms in total. The van der Waals surface area contributed by atoms with E-state index in [2.05, 4.69) is 5.32 Å². The van der Waals surface area contributed by atoms with Crippen molar-refractivity contribution in [3.05, 3.63) is 80.4 Å². The molecule has 2 saturated heterocycles. The number of nitro benzene ring substituents is 1. The number of amides is 2. The molecule has 4 bridgehead atoms. The first kappa shape index (κ1) is 38.7. The fraction of sp³-hybridized carbons (Fsp3) is 0.486. The lowest BCUT2D eigenvalue weighted by molar-refractivity contribution is -0.384. The van der Waals surface area contributed by atoms with Crippen molar-refractivity contribution in [3.63, 3.8) is 0 Å². The second kappa shape index (κ2) is 15.2. The molecule has 3 aliphatic rings. The van der Waals surface area contributed by atoms with E-state index in [1.807, 2.05) is 32.1 Å². The zero-order valence-electron chi connectivity index (χ0n) is 30.1. The van der Waals surface area contributed by atoms with Crippen LogP contribution in [0.1, 0.15) is 51.2 Å². The molecule has 3 heterocycles. The Morgan fingerprint density at radius 2 is 1.92 bits per heavy atom. The van der Waals surface area contributed by atoms with Crippen LogP contribution in [0.2, 0.25) is 5.02 Å². The molecule has 15 heteroatoms. The number of allylic oxidation sites excluding steroid dienone is 3. The van der Waals surface area contributed by atoms with Crippen LogP contribution in [0.15, 0.2) is 54.1 Å². The van der Waals surface area contributed by atoms with E-state index in [9.17, 15) is 29.6 Å². The van der Waals surface area contributed by atoms with Gasteiger partial charge in [-0.25, -0.2) is 4.79 Å². The summed E-state index contributed by atoms with van der Waals surface area (Å²) in [5, 5.41) is 26.4. The number of rotatable bonds is 5. The number of aliphatic hydroxyl groups is 1. The summed E-state index contributed by atoms with van der Waals surface area (Å²) in [6.07, 6.45) is 0.611. The van der Waals surface area contributed by atoms with Crippen LogP contribution in [0.3, 0.4) is 0 Å². The molecule has 5 rings (SSSR count). The molecule has 52 heavy (non-hydrogen) atoms. The molecule has 3 aliphatic heterocycles. The van der Waals surface area contributed by atoms with Crippen molar-refractivity contribution in [1.82, 2.24) is 0 Å². The van der Waals surface area contributed by atoms with E-state index < -0.39 is 70.1 Å². The third kappa shape index (κ3) is 8.10. The predicted molar refractivity (Wildman–Crippen MR) is 192 cm³/mol. The summed E-state index contributed by atoms with van der Waals surface area (Å²) in [5.74, 6) is -1.39. The summed E-state index contributed by atoms with van der Waals surface area (Å²) < 4.78 is 28.5. The average Bonchev–Trinajstić information content (AvgIpc) is 3.78. The normalized spacial score (nSPS) is 31.0. The number of hydrogen-bond donors (Lipinski definition) is 2. The Hall–Kier alpha value is -4.50. The molecule has 2 N–H and O–H groups in total. The van der Waals surface area contributed by atoms with E-state index in [0.29, 0.717) is 17.1 Å². The minimum atomic E-state index is -1.60. The quantitative estimate of drug-likeness (QED) is 0.163. The Bertz CT molecular complexity index is 1810. The van der Waals surface area contributed by atoms with Crippen molar-refractivity contribution in [2.75, 3.05) is 31.5 Å². The van der Waals surface area contributed by atoms with Crippen LogP contribution in [0.25, 0.3) is 0 Å². The molecule has 2 aromatic rings. The van der Waals surface area contributed by atoms with Gasteiger partial charge < -0.3 is 33.7 Å². The first-order valence-corrected chi connectivity index (χ1v) is 17.2. The highest BCUT2D eigenvalue weighted by atomic mass is 35.5. The fourth-order valence-electron chi connectivity index (χ4n) is 7.06. The molecule has 2 fully saturated rings. The molecular formula is C37H44ClN3O11. The van der Waals surface area contributed by atoms with E-state index in [4.69, 9.17) is 35.3 Å². The van der Waals surface area contributed by atoms with Crippen LogP contribution in [0.4, 0.5) is 21.9 Å². The molecule has 2 aromatic carbocycles. The number of nitrogens with zero attached hydrogens (tertiary/aromatic N) is 2. The largest absolute Gasteiger partial charge is 0.496 e. The zero-order chi connectivity index (χ0) is 38.1. The highest BCUT2D eigenvalue weighted by Gasteiger charge is 2.64. The molecule has 0 spiro atoms. The highest BCUT2D eigenvalue weighted by Crippen LogP contribution is 2.49. The number of fused-ring (bicyclic) bond motifs is 5. The molecule has 2 amide bonds. The number of methoxy groups -OCH3 is 2. The second-order valence-electron chi connectivity index (χ2n) is 13.9. The van der Waals surface area contributed by atoms with Crippen molar-refractivity contribution in [2.24, 2.45) is 5.92 Å². The lowest BCUT2D eigenvalue weighted by Crippen LogP contribution is -2.53. The molecule has 0 radical (unpaired) electrons. The predicted octanol–water partition coefficient (Wildman–Crippen LogP) is 5.84. The van der Waals surface area contributed by atoms with Crippen molar-refractivity contribution in [1.29, 1.82) is 0 Å². The highest BCUT2D eigenvalue weighted by molar-refractivity contribution is 6.34. The molecule has 0 aromatic heterocycles. The van der Waals surface area contributed by atoms with Gasteiger partial charge in [-0.05, 0) is 56.5 Å². The lowest BCUT2D eigenvalue weighted by atomic mass is 9.78. The van der Waals surface area contributed by atoms with Crippen LogP contribution in [0.5, 0.6) is 5.75 Å². The van der Waals surface area contributed by atoms with E-state index >= 15 is 0 Å². The van der Waals surface area contributed by atoms with E-state index in [0.717, 1.165) is 22.8 Å². The molecule has 0 unspecified atom stereocenters. The molecule has 280 valence electrons. The smallest absolute Gasteiger partial charge is 0.412 e. The van der Waals surface area contributed by atoms with Gasteiger partial charge in [0, 0.05) is 26.5 Å². The van der Waals surface area contributed by atoms with Gasteiger partial charge >= 0.3 is 12.1 Å². The number of nitro groups is 1. The van der Waals surface area contributed by atoms with Gasteiger partial charge in [0.15, 0.2) is 0 Å². The number of benzene rings is 2. The van der Waals surface area contributed by atoms with Crippen molar-refractivity contribution >= 4 is 46.6 Å². The van der Waals surface area contributed by atoms with Gasteiger partial charge in [0.25, 0.3) is 5.69 Å². The zero-order valence-corrected chi connectivity index (χ0v) is 30.9. The standard InChI is InChI=1S/C37H44ClN3O11/c1-20-9-8-10-29(49-7)37(45)18-28(50-32(43)19-37)22(3)34-36(4,52-34)30(17-31(42)40(5)27-15-23(13-20)14-21(2)33(27)38)51-35(44)39-25-12-11-24(48-6)16-26(25)41(46)47/h8-12,14-16,22,28-30,34,45H,13,17-19H2,1-7H3,(H,39,44)/b10-8+,20-9+/t22-,28+,29-,30+,34+,36+,37-/m1/s1. The molecule has 0 aliphatic carbocycles. The van der Waals surface area contributed by atoms with Crippen molar-refractivity contribution in [2.45, 2.75) is 89.0 Å². The van der Waals surface area contributed by atoms with Gasteiger partial charge in [-0.2, -0.15) is 0 Å². The number of carbonyl (C=O) groups excluding carboxylic acids is 3. The summed E-state index contributed by atoms with van der Waals surface area (Å²) in [7, 11) is 4.38. The minimum absolute atomic E-state index is 0.0276. The maximum absolute atomic E-state index is 14.0. The van der Waals surface area contributed by atoms with E-state index in [1.165, 1.54) is 31.3 Å². The Balaban J connectivity index is 1.53. The maximum Gasteiger partial charge on any atom is 0.412 e. The number of carbonyl (C=O) groups is 3. The lowest BCUT2D eigenvalue weighted by Gasteiger charge is -2.41. The average molecular weight is 742 g/mol. The molecule has 7 atom stereocenters. The maximum atomic E-state index is 14.0. The number of halogens is 1. The number of aryl methyl sites for hydroxylation is 1. The van der Waals surface area contributed by atoms with Crippen LogP contribution in [-0.4, -0.2) is 84.9 Å². The number of esters is 1. The van der Waals surface area contributed by atoms with Gasteiger partial charge in [-0.3, -0.25) is 25.0 Å². The topological polar surface area (TPSA) is 179 Å². The first-order valence-electron chi connectivity index (χ1n) is 16.8. The number of ether oxygens (including phenoxy) is 5. The Kier molecular flexibility index (Phi) is 11.3. The summed E-state index contributed by atoms with van der Waals surface area (Å²) >= 11 is 6.73. The number of anilines is 2. The third-order valence-electron chi connectivity index (χ3n) is 10.1. The minimum Gasteiger partial charge on any atom is -0.496 e. The van der Waals surface area contributed by atoms with Crippen molar-refractivity contribution in [3.8, 4) is 5.75 Å². The monoisotopic (exact) mass is 741 g/mol. The molecular weight excluding hydrogens is 698 g/mol. The second-order valence-corrected chi connectivity index (χ2v) is 14.3. The fourth-order valence-corrected chi connectivity index (χ4v) is 7.30. The first-order chi connectivity index (χ1) is 24.5.